The van der Waals surface area contributed by atoms with E-state index >= 15 is 0 Å². The average Bonchev–Trinajstić information content (AvgIpc) is 2.33. The van der Waals surface area contributed by atoms with Gasteiger partial charge in [-0.3, -0.25) is 9.78 Å². The first kappa shape index (κ1) is 9.28. The lowest BCUT2D eigenvalue weighted by Crippen LogP contribution is -2.15. The van der Waals surface area contributed by atoms with Gasteiger partial charge in [0, 0.05) is 17.5 Å². The monoisotopic (exact) mass is 209 g/mol. The normalized spacial score (nSPS) is 18.8. The fourth-order valence-electron chi connectivity index (χ4n) is 2.11. The third kappa shape index (κ3) is 1.20. The second kappa shape index (κ2) is 3.27. The Morgan fingerprint density at radius 1 is 1.25 bits per heavy atom. The van der Waals surface area contributed by atoms with Crippen LogP contribution in [0.3, 0.4) is 0 Å². The van der Waals surface area contributed by atoms with E-state index in [0.717, 1.165) is 22.0 Å². The van der Waals surface area contributed by atoms with Crippen molar-refractivity contribution in [1.29, 1.82) is 0 Å². The zero-order valence-corrected chi connectivity index (χ0v) is 8.97. The number of hydrogen-bond acceptors (Lipinski definition) is 2. The maximum Gasteiger partial charge on any atom is 0.172 e. The van der Waals surface area contributed by atoms with Gasteiger partial charge in [-0.2, -0.15) is 0 Å². The van der Waals surface area contributed by atoms with Crippen molar-refractivity contribution in [3.8, 4) is 0 Å². The van der Waals surface area contributed by atoms with Crippen LogP contribution in [0.4, 0.5) is 0 Å². The Morgan fingerprint density at radius 3 is 2.94 bits per heavy atom. The number of pyridine rings is 1. The van der Waals surface area contributed by atoms with Crippen LogP contribution >= 0.6 is 0 Å². The Kier molecular flexibility index (Phi) is 1.90. The molecule has 1 aliphatic rings. The first-order valence-corrected chi connectivity index (χ1v) is 5.37. The van der Waals surface area contributed by atoms with Crippen LogP contribution in [0.1, 0.15) is 23.0 Å². The molecule has 0 aliphatic heterocycles. The smallest absolute Gasteiger partial charge is 0.172 e. The molecule has 0 amide bonds. The molecule has 2 aromatic rings. The average molecular weight is 209 g/mol. The number of hydrogen-bond donors (Lipinski definition) is 0. The number of rotatable bonds is 0. The topological polar surface area (TPSA) is 30.0 Å². The van der Waals surface area contributed by atoms with Crippen molar-refractivity contribution >= 4 is 22.6 Å². The largest absolute Gasteiger partial charge is 0.293 e. The van der Waals surface area contributed by atoms with E-state index < -0.39 is 0 Å². The molecule has 0 saturated carbocycles. The molecule has 3 rings (SSSR count). The lowest BCUT2D eigenvalue weighted by Gasteiger charge is -2.15. The second-order valence-electron chi connectivity index (χ2n) is 4.12. The van der Waals surface area contributed by atoms with Crippen molar-refractivity contribution in [2.24, 2.45) is 5.92 Å². The molecule has 0 spiro atoms. The molecule has 1 aliphatic carbocycles. The van der Waals surface area contributed by atoms with Crippen molar-refractivity contribution < 1.29 is 4.79 Å². The van der Waals surface area contributed by atoms with Crippen molar-refractivity contribution in [3.05, 3.63) is 47.8 Å². The van der Waals surface area contributed by atoms with E-state index in [1.54, 1.807) is 0 Å². The summed E-state index contributed by atoms with van der Waals surface area (Å²) < 4.78 is 0. The number of carbonyl (C=O) groups is 1. The molecule has 0 fully saturated rings. The maximum absolute atomic E-state index is 12.1. The molecule has 1 atom stereocenters. The Balaban J connectivity index is 2.42. The number of aromatic nitrogens is 1. The third-order valence-corrected chi connectivity index (χ3v) is 3.03. The quantitative estimate of drug-likeness (QED) is 0.667. The Morgan fingerprint density at radius 2 is 2.06 bits per heavy atom. The minimum atomic E-state index is -0.0416. The Bertz CT molecular complexity index is 613. The van der Waals surface area contributed by atoms with E-state index in [-0.39, 0.29) is 11.7 Å². The molecule has 1 aromatic heterocycles. The first-order valence-electron chi connectivity index (χ1n) is 5.37. The van der Waals surface area contributed by atoms with Crippen LogP contribution in [0.2, 0.25) is 0 Å². The summed E-state index contributed by atoms with van der Waals surface area (Å²) in [5.41, 5.74) is 1.56. The summed E-state index contributed by atoms with van der Waals surface area (Å²) in [4.78, 5) is 16.5. The number of allylic oxidation sites excluding steroid dienone is 1. The van der Waals surface area contributed by atoms with Crippen molar-refractivity contribution in [3.63, 3.8) is 0 Å². The molecule has 2 heteroatoms. The molecule has 0 radical (unpaired) electrons. The highest BCUT2D eigenvalue weighted by molar-refractivity contribution is 6.13. The summed E-state index contributed by atoms with van der Waals surface area (Å²) >= 11 is 0. The predicted molar refractivity (Wildman–Crippen MR) is 64.3 cm³/mol. The number of nitrogens with zero attached hydrogens (tertiary/aromatic N) is 1. The van der Waals surface area contributed by atoms with Crippen LogP contribution in [0.25, 0.3) is 16.8 Å². The van der Waals surface area contributed by atoms with Gasteiger partial charge in [-0.05, 0) is 11.5 Å². The number of Topliss-reactive ketones (excluding diaryl/α,β-unsaturated/α-hetero) is 1. The standard InChI is InChI=1S/C14H11NO/c1-9-6-7-12-13(14(9)16)11-5-3-2-4-10(11)8-15-12/h2-9H,1H3. The third-order valence-electron chi connectivity index (χ3n) is 3.03. The van der Waals surface area contributed by atoms with Crippen molar-refractivity contribution in [2.75, 3.05) is 0 Å². The van der Waals surface area contributed by atoms with E-state index in [1.165, 1.54) is 0 Å². The summed E-state index contributed by atoms with van der Waals surface area (Å²) in [6.07, 6.45) is 5.67. The fourth-order valence-corrected chi connectivity index (χ4v) is 2.11. The highest BCUT2D eigenvalue weighted by Crippen LogP contribution is 2.28. The minimum absolute atomic E-state index is 0.0416. The van der Waals surface area contributed by atoms with E-state index in [4.69, 9.17) is 0 Å². The van der Waals surface area contributed by atoms with Gasteiger partial charge < -0.3 is 0 Å². The van der Waals surface area contributed by atoms with Gasteiger partial charge >= 0.3 is 0 Å². The van der Waals surface area contributed by atoms with Crippen LogP contribution in [0, 0.1) is 5.92 Å². The summed E-state index contributed by atoms with van der Waals surface area (Å²) in [5.74, 6) is 0.127. The zero-order valence-electron chi connectivity index (χ0n) is 8.97. The van der Waals surface area contributed by atoms with Crippen LogP contribution in [0.5, 0.6) is 0 Å². The number of fused-ring (bicyclic) bond motifs is 3. The number of ketones is 1. The van der Waals surface area contributed by atoms with Gasteiger partial charge in [-0.1, -0.05) is 37.3 Å². The van der Waals surface area contributed by atoms with E-state index in [2.05, 4.69) is 4.98 Å². The molecule has 0 N–H and O–H groups in total. The van der Waals surface area contributed by atoms with Crippen LogP contribution < -0.4 is 0 Å². The molecule has 1 heterocycles. The van der Waals surface area contributed by atoms with Gasteiger partial charge in [0.15, 0.2) is 5.78 Å². The molecule has 1 aromatic carbocycles. The molecule has 2 nitrogen and oxygen atoms in total. The summed E-state index contributed by atoms with van der Waals surface area (Å²) in [6, 6.07) is 7.89. The van der Waals surface area contributed by atoms with Gasteiger partial charge in [0.05, 0.1) is 11.3 Å². The van der Waals surface area contributed by atoms with Gasteiger partial charge in [-0.15, -0.1) is 0 Å². The Hall–Kier alpha value is -1.96. The second-order valence-corrected chi connectivity index (χ2v) is 4.12. The fraction of sp³-hybridized carbons (Fsp3) is 0.143. The van der Waals surface area contributed by atoms with Crippen molar-refractivity contribution in [2.45, 2.75) is 6.92 Å². The lowest BCUT2D eigenvalue weighted by atomic mass is 9.89. The van der Waals surface area contributed by atoms with Gasteiger partial charge in [0.25, 0.3) is 0 Å². The zero-order chi connectivity index (χ0) is 11.1. The maximum atomic E-state index is 12.1. The Labute approximate surface area is 93.6 Å². The first-order chi connectivity index (χ1) is 7.77. The molecule has 78 valence electrons. The summed E-state index contributed by atoms with van der Waals surface area (Å²) in [6.45, 7) is 1.92. The summed E-state index contributed by atoms with van der Waals surface area (Å²) in [7, 11) is 0. The van der Waals surface area contributed by atoms with Crippen LogP contribution in [0.15, 0.2) is 36.5 Å². The van der Waals surface area contributed by atoms with E-state index in [1.807, 2.05) is 49.5 Å². The van der Waals surface area contributed by atoms with Gasteiger partial charge in [0.1, 0.15) is 0 Å². The van der Waals surface area contributed by atoms with Gasteiger partial charge in [0.2, 0.25) is 0 Å². The molecule has 1 unspecified atom stereocenters. The van der Waals surface area contributed by atoms with Crippen molar-refractivity contribution in [1.82, 2.24) is 4.98 Å². The molecule has 0 bridgehead atoms. The highest BCUT2D eigenvalue weighted by atomic mass is 16.1. The number of carbonyl (C=O) groups excluding carboxylic acids is 1. The highest BCUT2D eigenvalue weighted by Gasteiger charge is 2.22. The molecule has 16 heavy (non-hydrogen) atoms. The van der Waals surface area contributed by atoms with Crippen LogP contribution in [-0.4, -0.2) is 10.8 Å². The van der Waals surface area contributed by atoms with Crippen LogP contribution in [-0.2, 0) is 0 Å². The molecule has 0 saturated heterocycles. The summed E-state index contributed by atoms with van der Waals surface area (Å²) in [5, 5.41) is 2.03. The van der Waals surface area contributed by atoms with E-state index in [0.29, 0.717) is 0 Å². The molecular weight excluding hydrogens is 198 g/mol. The lowest BCUT2D eigenvalue weighted by molar-refractivity contribution is 0.0953. The molecular formula is C14H11NO. The predicted octanol–water partition coefficient (Wildman–Crippen LogP) is 3.08. The SMILES string of the molecule is CC1C=Cc2ncc3ccccc3c2C1=O. The van der Waals surface area contributed by atoms with Gasteiger partial charge in [-0.25, -0.2) is 0 Å². The number of benzene rings is 1. The van der Waals surface area contributed by atoms with E-state index in [9.17, 15) is 4.79 Å². The minimum Gasteiger partial charge on any atom is -0.293 e.